The molecule has 1 N–H and O–H groups in total. The first-order valence-corrected chi connectivity index (χ1v) is 5.26. The van der Waals surface area contributed by atoms with Crippen molar-refractivity contribution in [1.82, 2.24) is 10.2 Å². The van der Waals surface area contributed by atoms with Crippen LogP contribution in [0, 0.1) is 0 Å². The molecule has 0 aromatic carbocycles. The van der Waals surface area contributed by atoms with Crippen molar-refractivity contribution in [1.29, 1.82) is 0 Å². The summed E-state index contributed by atoms with van der Waals surface area (Å²) in [6.07, 6.45) is 6.23. The zero-order valence-corrected chi connectivity index (χ0v) is 8.68. The van der Waals surface area contributed by atoms with Gasteiger partial charge in [0, 0.05) is 19.6 Å². The Hall–Kier alpha value is -0.730. The number of carbonyl (C=O) groups is 1. The van der Waals surface area contributed by atoms with E-state index in [0.717, 1.165) is 6.54 Å². The molecule has 13 heavy (non-hydrogen) atoms. The molecule has 0 saturated heterocycles. The summed E-state index contributed by atoms with van der Waals surface area (Å²) in [4.78, 5) is 13.3. The summed E-state index contributed by atoms with van der Waals surface area (Å²) in [5.74, 6) is 0. The van der Waals surface area contributed by atoms with Crippen LogP contribution in [0.25, 0.3) is 0 Å². The lowest BCUT2D eigenvalue weighted by Crippen LogP contribution is -2.44. The van der Waals surface area contributed by atoms with E-state index in [2.05, 4.69) is 5.32 Å². The van der Waals surface area contributed by atoms with Crippen molar-refractivity contribution < 1.29 is 4.79 Å². The van der Waals surface area contributed by atoms with Gasteiger partial charge in [-0.25, -0.2) is 4.79 Å². The van der Waals surface area contributed by atoms with Gasteiger partial charge in [0.15, 0.2) is 0 Å². The third-order valence-corrected chi connectivity index (χ3v) is 2.77. The monoisotopic (exact) mass is 184 g/mol. The summed E-state index contributed by atoms with van der Waals surface area (Å²) >= 11 is 0. The van der Waals surface area contributed by atoms with Crippen molar-refractivity contribution in [3.05, 3.63) is 0 Å². The van der Waals surface area contributed by atoms with Crippen LogP contribution in [0.15, 0.2) is 0 Å². The van der Waals surface area contributed by atoms with E-state index in [-0.39, 0.29) is 6.03 Å². The minimum absolute atomic E-state index is 0.0781. The number of nitrogens with one attached hydrogen (secondary N) is 1. The molecule has 76 valence electrons. The lowest BCUT2D eigenvalue weighted by molar-refractivity contribution is 0.174. The van der Waals surface area contributed by atoms with Crippen molar-refractivity contribution in [3.8, 4) is 0 Å². The van der Waals surface area contributed by atoms with Gasteiger partial charge in [0.05, 0.1) is 0 Å². The van der Waals surface area contributed by atoms with Crippen LogP contribution >= 0.6 is 0 Å². The second kappa shape index (κ2) is 5.10. The molecule has 2 amide bonds. The molecule has 1 rings (SSSR count). The van der Waals surface area contributed by atoms with Crippen LogP contribution in [-0.4, -0.2) is 30.6 Å². The first-order chi connectivity index (χ1) is 6.25. The van der Waals surface area contributed by atoms with Crippen LogP contribution in [0.2, 0.25) is 0 Å². The first-order valence-electron chi connectivity index (χ1n) is 5.26. The van der Waals surface area contributed by atoms with Crippen LogP contribution in [0.5, 0.6) is 0 Å². The van der Waals surface area contributed by atoms with E-state index in [0.29, 0.717) is 6.04 Å². The third kappa shape index (κ3) is 2.90. The summed E-state index contributed by atoms with van der Waals surface area (Å²) in [6, 6.07) is 0.551. The Kier molecular flexibility index (Phi) is 4.06. The van der Waals surface area contributed by atoms with Crippen molar-refractivity contribution in [2.24, 2.45) is 0 Å². The molecule has 3 nitrogen and oxygen atoms in total. The molecule has 0 aromatic heterocycles. The second-order valence-corrected chi connectivity index (χ2v) is 3.74. The predicted molar refractivity (Wildman–Crippen MR) is 53.7 cm³/mol. The van der Waals surface area contributed by atoms with E-state index in [4.69, 9.17) is 0 Å². The molecule has 1 aliphatic carbocycles. The van der Waals surface area contributed by atoms with Crippen molar-refractivity contribution in [3.63, 3.8) is 0 Å². The fourth-order valence-corrected chi connectivity index (χ4v) is 1.91. The summed E-state index contributed by atoms with van der Waals surface area (Å²) in [7, 11) is 1.90. The van der Waals surface area contributed by atoms with Crippen LogP contribution < -0.4 is 5.32 Å². The maximum absolute atomic E-state index is 11.5. The molecular weight excluding hydrogens is 164 g/mol. The molecule has 1 fully saturated rings. The largest absolute Gasteiger partial charge is 0.338 e. The maximum Gasteiger partial charge on any atom is 0.317 e. The minimum atomic E-state index is 0.0781. The molecule has 0 unspecified atom stereocenters. The Morgan fingerprint density at radius 3 is 2.54 bits per heavy atom. The number of nitrogens with zero attached hydrogens (tertiary/aromatic N) is 1. The summed E-state index contributed by atoms with van der Waals surface area (Å²) in [5.41, 5.74) is 0. The van der Waals surface area contributed by atoms with E-state index in [1.54, 1.807) is 0 Å². The Bertz CT molecular complexity index is 164. The lowest BCUT2D eigenvalue weighted by Gasteiger charge is -2.31. The number of rotatable bonds is 2. The number of hydrogen-bond donors (Lipinski definition) is 1. The molecule has 1 saturated carbocycles. The molecule has 0 aliphatic heterocycles. The second-order valence-electron chi connectivity index (χ2n) is 3.74. The highest BCUT2D eigenvalue weighted by atomic mass is 16.2. The number of amides is 2. The lowest BCUT2D eigenvalue weighted by atomic mass is 9.95. The highest BCUT2D eigenvalue weighted by Gasteiger charge is 2.21. The van der Waals surface area contributed by atoms with Crippen LogP contribution in [0.4, 0.5) is 4.79 Å². The summed E-state index contributed by atoms with van der Waals surface area (Å²) in [5, 5.41) is 2.83. The first kappa shape index (κ1) is 10.4. The molecule has 0 heterocycles. The van der Waals surface area contributed by atoms with E-state index in [9.17, 15) is 4.79 Å². The van der Waals surface area contributed by atoms with Gasteiger partial charge in [0.2, 0.25) is 0 Å². The molecule has 0 radical (unpaired) electrons. The Morgan fingerprint density at radius 2 is 2.00 bits per heavy atom. The van der Waals surface area contributed by atoms with Crippen LogP contribution in [0.3, 0.4) is 0 Å². The van der Waals surface area contributed by atoms with Crippen molar-refractivity contribution in [2.75, 3.05) is 13.6 Å². The molecule has 1 aliphatic rings. The molecule has 0 aromatic rings. The van der Waals surface area contributed by atoms with Gasteiger partial charge in [-0.3, -0.25) is 0 Å². The maximum atomic E-state index is 11.5. The van der Waals surface area contributed by atoms with E-state index < -0.39 is 0 Å². The Morgan fingerprint density at radius 1 is 1.38 bits per heavy atom. The predicted octanol–water partition coefficient (Wildman–Crippen LogP) is 1.98. The van der Waals surface area contributed by atoms with E-state index >= 15 is 0 Å². The summed E-state index contributed by atoms with van der Waals surface area (Å²) < 4.78 is 0. The number of carbonyl (C=O) groups excluding carboxylic acids is 1. The topological polar surface area (TPSA) is 32.3 Å². The average molecular weight is 184 g/mol. The van der Waals surface area contributed by atoms with Crippen LogP contribution in [-0.2, 0) is 0 Å². The van der Waals surface area contributed by atoms with Gasteiger partial charge in [-0.15, -0.1) is 0 Å². The van der Waals surface area contributed by atoms with Crippen molar-refractivity contribution in [2.45, 2.75) is 45.1 Å². The van der Waals surface area contributed by atoms with Gasteiger partial charge in [-0.2, -0.15) is 0 Å². The van der Waals surface area contributed by atoms with Gasteiger partial charge < -0.3 is 10.2 Å². The summed E-state index contributed by atoms with van der Waals surface area (Å²) in [6.45, 7) is 2.67. The third-order valence-electron chi connectivity index (χ3n) is 2.77. The van der Waals surface area contributed by atoms with Gasteiger partial charge >= 0.3 is 6.03 Å². The SMILES string of the molecule is CCNC(=O)N(C)C1CCCCC1. The fraction of sp³-hybridized carbons (Fsp3) is 0.900. The quantitative estimate of drug-likeness (QED) is 0.699. The highest BCUT2D eigenvalue weighted by Crippen LogP contribution is 2.21. The standard InChI is InChI=1S/C10H20N2O/c1-3-11-10(13)12(2)9-7-5-4-6-8-9/h9H,3-8H2,1-2H3,(H,11,13). The number of hydrogen-bond acceptors (Lipinski definition) is 1. The van der Waals surface area contributed by atoms with Gasteiger partial charge in [0.25, 0.3) is 0 Å². The molecule has 3 heteroatoms. The van der Waals surface area contributed by atoms with E-state index in [1.165, 1.54) is 32.1 Å². The zero-order chi connectivity index (χ0) is 9.68. The molecular formula is C10H20N2O. The fourth-order valence-electron chi connectivity index (χ4n) is 1.91. The average Bonchev–Trinajstić information content (AvgIpc) is 2.18. The van der Waals surface area contributed by atoms with Gasteiger partial charge in [-0.1, -0.05) is 19.3 Å². The minimum Gasteiger partial charge on any atom is -0.338 e. The Balaban J connectivity index is 2.35. The Labute approximate surface area is 80.5 Å². The molecule has 0 spiro atoms. The normalized spacial score (nSPS) is 18.3. The molecule has 0 bridgehead atoms. The van der Waals surface area contributed by atoms with E-state index in [1.807, 2.05) is 18.9 Å². The number of urea groups is 1. The molecule has 0 atom stereocenters. The smallest absolute Gasteiger partial charge is 0.317 e. The van der Waals surface area contributed by atoms with Gasteiger partial charge in [-0.05, 0) is 19.8 Å². The van der Waals surface area contributed by atoms with Crippen LogP contribution in [0.1, 0.15) is 39.0 Å². The highest BCUT2D eigenvalue weighted by molar-refractivity contribution is 5.74. The zero-order valence-electron chi connectivity index (χ0n) is 8.68. The van der Waals surface area contributed by atoms with Gasteiger partial charge in [0.1, 0.15) is 0 Å². The van der Waals surface area contributed by atoms with Crippen molar-refractivity contribution >= 4 is 6.03 Å².